The van der Waals surface area contributed by atoms with Crippen LogP contribution in [0.4, 0.5) is 51.2 Å². The molecule has 3 aliphatic rings. The van der Waals surface area contributed by atoms with Gasteiger partial charge in [-0.3, -0.25) is 0 Å². The number of aryl methyl sites for hydroxylation is 1. The first-order valence-corrected chi connectivity index (χ1v) is 22.7. The second kappa shape index (κ2) is 15.3. The molecular formula is C61H42BN3O. The lowest BCUT2D eigenvalue weighted by Gasteiger charge is -2.45. The van der Waals surface area contributed by atoms with Gasteiger partial charge in [-0.2, -0.15) is 0 Å². The van der Waals surface area contributed by atoms with Gasteiger partial charge in [-0.1, -0.05) is 158 Å². The molecule has 0 unspecified atom stereocenters. The Morgan fingerprint density at radius 3 is 1.45 bits per heavy atom. The zero-order chi connectivity index (χ0) is 43.7. The van der Waals surface area contributed by atoms with Gasteiger partial charge in [-0.15, -0.1) is 0 Å². The van der Waals surface area contributed by atoms with E-state index in [1.165, 1.54) is 66.7 Å². The highest BCUT2D eigenvalue weighted by atomic mass is 16.5. The van der Waals surface area contributed by atoms with E-state index in [9.17, 15) is 0 Å². The topological polar surface area (TPSA) is 19.0 Å². The lowest BCUT2D eigenvalue weighted by molar-refractivity contribution is 0.477. The van der Waals surface area contributed by atoms with Crippen LogP contribution in [0, 0.1) is 6.92 Å². The lowest BCUT2D eigenvalue weighted by Crippen LogP contribution is -2.61. The predicted octanol–water partition coefficient (Wildman–Crippen LogP) is 14.7. The van der Waals surface area contributed by atoms with E-state index >= 15 is 0 Å². The SMILES string of the molecule is Cc1ccccc1-c1cc2c3c(c1)N(c1ccccc1)c1cc(N4c5ccccc5Oc5ccccc54)ccc1B3c1ccc(-c3ccccc3)cc1N2c1cccc(-c2ccccc2)c1. The van der Waals surface area contributed by atoms with E-state index in [-0.39, 0.29) is 6.71 Å². The summed E-state index contributed by atoms with van der Waals surface area (Å²) in [4.78, 5) is 7.40. The molecule has 0 radical (unpaired) electrons. The van der Waals surface area contributed by atoms with E-state index in [0.29, 0.717) is 0 Å². The van der Waals surface area contributed by atoms with Crippen LogP contribution in [0.15, 0.2) is 237 Å². The quantitative estimate of drug-likeness (QED) is 0.155. The summed E-state index contributed by atoms with van der Waals surface area (Å²) in [6.07, 6.45) is 0. The molecule has 0 saturated carbocycles. The van der Waals surface area contributed by atoms with Crippen molar-refractivity contribution in [2.24, 2.45) is 0 Å². The third kappa shape index (κ3) is 6.08. The Morgan fingerprint density at radius 1 is 0.318 bits per heavy atom. The van der Waals surface area contributed by atoms with Crippen molar-refractivity contribution in [1.82, 2.24) is 0 Å². The van der Waals surface area contributed by atoms with Crippen LogP contribution in [0.1, 0.15) is 5.56 Å². The van der Waals surface area contributed by atoms with Gasteiger partial charge in [-0.25, -0.2) is 0 Å². The molecule has 0 atom stereocenters. The number of rotatable bonds is 6. The van der Waals surface area contributed by atoms with Crippen molar-refractivity contribution in [3.05, 3.63) is 242 Å². The monoisotopic (exact) mass is 843 g/mol. The van der Waals surface area contributed by atoms with E-state index in [1.807, 2.05) is 12.1 Å². The van der Waals surface area contributed by atoms with Gasteiger partial charge >= 0.3 is 0 Å². The zero-order valence-electron chi connectivity index (χ0n) is 36.3. The minimum absolute atomic E-state index is 0.0671. The maximum absolute atomic E-state index is 6.50. The highest BCUT2D eigenvalue weighted by Gasteiger charge is 2.44. The number of benzene rings is 10. The van der Waals surface area contributed by atoms with E-state index < -0.39 is 0 Å². The largest absolute Gasteiger partial charge is 0.453 e. The number of para-hydroxylation sites is 5. The summed E-state index contributed by atoms with van der Waals surface area (Å²) in [5.41, 5.74) is 22.1. The molecule has 0 saturated heterocycles. The van der Waals surface area contributed by atoms with Crippen LogP contribution in [0.2, 0.25) is 0 Å². The van der Waals surface area contributed by atoms with Crippen molar-refractivity contribution in [3.8, 4) is 44.9 Å². The van der Waals surface area contributed by atoms with Crippen molar-refractivity contribution < 1.29 is 4.74 Å². The molecule has 0 N–H and O–H groups in total. The van der Waals surface area contributed by atoms with E-state index in [0.717, 1.165) is 51.3 Å². The molecule has 13 rings (SSSR count). The fourth-order valence-electron chi connectivity index (χ4n) is 10.6. The molecular weight excluding hydrogens is 802 g/mol. The Bertz CT molecular complexity index is 3460. The molecule has 10 aromatic carbocycles. The number of nitrogens with zero attached hydrogens (tertiary/aromatic N) is 3. The van der Waals surface area contributed by atoms with Crippen molar-refractivity contribution in [2.75, 3.05) is 14.7 Å². The van der Waals surface area contributed by atoms with Crippen LogP contribution in [0.3, 0.4) is 0 Å². The number of ether oxygens (including phenoxy) is 1. The molecule has 0 spiro atoms. The number of fused-ring (bicyclic) bond motifs is 6. The molecule has 10 aromatic rings. The minimum Gasteiger partial charge on any atom is -0.453 e. The molecule has 0 aliphatic carbocycles. The maximum Gasteiger partial charge on any atom is 0.252 e. The smallest absolute Gasteiger partial charge is 0.252 e. The van der Waals surface area contributed by atoms with Crippen LogP contribution in [-0.4, -0.2) is 6.71 Å². The Balaban J connectivity index is 1.12. The highest BCUT2D eigenvalue weighted by Crippen LogP contribution is 2.52. The predicted molar refractivity (Wildman–Crippen MR) is 276 cm³/mol. The Hall–Kier alpha value is -8.54. The Labute approximate surface area is 386 Å². The van der Waals surface area contributed by atoms with Crippen LogP contribution in [0.5, 0.6) is 11.5 Å². The average molecular weight is 844 g/mol. The second-order valence-electron chi connectivity index (χ2n) is 17.4. The summed E-state index contributed by atoms with van der Waals surface area (Å²) < 4.78 is 6.50. The van der Waals surface area contributed by atoms with E-state index in [4.69, 9.17) is 4.74 Å². The molecule has 3 aliphatic heterocycles. The van der Waals surface area contributed by atoms with Gasteiger partial charge in [0, 0.05) is 39.8 Å². The molecule has 0 fully saturated rings. The summed E-state index contributed by atoms with van der Waals surface area (Å²) in [5, 5.41) is 0. The maximum atomic E-state index is 6.50. The van der Waals surface area contributed by atoms with Crippen LogP contribution < -0.4 is 35.8 Å². The van der Waals surface area contributed by atoms with E-state index in [2.05, 4.69) is 246 Å². The van der Waals surface area contributed by atoms with Crippen LogP contribution in [-0.2, 0) is 0 Å². The van der Waals surface area contributed by atoms with Gasteiger partial charge in [0.2, 0.25) is 0 Å². The molecule has 3 heterocycles. The van der Waals surface area contributed by atoms with Gasteiger partial charge in [0.15, 0.2) is 11.5 Å². The molecule has 0 amide bonds. The number of anilines is 9. The minimum atomic E-state index is -0.0671. The van der Waals surface area contributed by atoms with Crippen molar-refractivity contribution in [1.29, 1.82) is 0 Å². The molecule has 0 bridgehead atoms. The highest BCUT2D eigenvalue weighted by molar-refractivity contribution is 7.00. The van der Waals surface area contributed by atoms with Crippen LogP contribution >= 0.6 is 0 Å². The Kier molecular flexibility index (Phi) is 8.82. The number of hydrogen-bond donors (Lipinski definition) is 0. The first-order chi connectivity index (χ1) is 32.7. The summed E-state index contributed by atoms with van der Waals surface area (Å²) in [5.74, 6) is 1.66. The summed E-state index contributed by atoms with van der Waals surface area (Å²) >= 11 is 0. The standard InChI is InChI=1S/C61H42BN3O/c1-41-18-11-12-27-50(41)46-38-57-61-58(39-46)65(48-26-17-23-44(36-48)42-19-5-2-6-20-42)55-37-45(43-21-7-3-8-22-43)32-34-51(55)62(61)52-35-33-49(40-56(52)63(57)47-24-9-4-10-25-47)64-53-28-13-15-30-59(53)66-60-31-16-14-29-54(60)64/h2-40H,1H3. The van der Waals surface area contributed by atoms with Gasteiger partial charge in [-0.05, 0) is 141 Å². The summed E-state index contributed by atoms with van der Waals surface area (Å²) in [6.45, 7) is 2.16. The van der Waals surface area contributed by atoms with Crippen molar-refractivity contribution >= 4 is 74.3 Å². The summed E-state index contributed by atoms with van der Waals surface area (Å²) in [6, 6.07) is 86.0. The third-order valence-corrected chi connectivity index (χ3v) is 13.5. The van der Waals surface area contributed by atoms with Crippen molar-refractivity contribution in [3.63, 3.8) is 0 Å². The van der Waals surface area contributed by atoms with Gasteiger partial charge < -0.3 is 19.4 Å². The zero-order valence-corrected chi connectivity index (χ0v) is 36.3. The second-order valence-corrected chi connectivity index (χ2v) is 17.4. The molecule has 5 heteroatoms. The van der Waals surface area contributed by atoms with E-state index in [1.54, 1.807) is 0 Å². The molecule has 4 nitrogen and oxygen atoms in total. The Morgan fingerprint density at radius 2 is 0.788 bits per heavy atom. The number of hydrogen-bond acceptors (Lipinski definition) is 4. The van der Waals surface area contributed by atoms with Gasteiger partial charge in [0.1, 0.15) is 0 Å². The third-order valence-electron chi connectivity index (χ3n) is 13.5. The molecule has 0 aromatic heterocycles. The van der Waals surface area contributed by atoms with Crippen LogP contribution in [0.25, 0.3) is 33.4 Å². The normalized spacial score (nSPS) is 12.9. The fourth-order valence-corrected chi connectivity index (χ4v) is 10.6. The van der Waals surface area contributed by atoms with Gasteiger partial charge in [0.05, 0.1) is 11.4 Å². The summed E-state index contributed by atoms with van der Waals surface area (Å²) in [7, 11) is 0. The first-order valence-electron chi connectivity index (χ1n) is 22.7. The molecule has 66 heavy (non-hydrogen) atoms. The van der Waals surface area contributed by atoms with Gasteiger partial charge in [0.25, 0.3) is 6.71 Å². The lowest BCUT2D eigenvalue weighted by atomic mass is 9.33. The fraction of sp³-hybridized carbons (Fsp3) is 0.0164. The first kappa shape index (κ1) is 38.0. The molecule has 310 valence electrons. The van der Waals surface area contributed by atoms with Crippen molar-refractivity contribution in [2.45, 2.75) is 6.92 Å². The average Bonchev–Trinajstić information content (AvgIpc) is 3.38.